The Kier molecular flexibility index (Phi) is 6.46. The highest BCUT2D eigenvalue weighted by atomic mass is 127. The number of hydrogen-bond donors (Lipinski definition) is 1. The molecule has 2 aliphatic rings. The van der Waals surface area contributed by atoms with Crippen molar-refractivity contribution in [2.45, 2.75) is 32.5 Å². The summed E-state index contributed by atoms with van der Waals surface area (Å²) in [6.07, 6.45) is 3.83. The van der Waals surface area contributed by atoms with Crippen LogP contribution in [0.3, 0.4) is 0 Å². The molecule has 4 rings (SSSR count). The van der Waals surface area contributed by atoms with E-state index in [2.05, 4.69) is 40.0 Å². The largest absolute Gasteiger partial charge is 0.364 e. The van der Waals surface area contributed by atoms with Crippen molar-refractivity contribution in [3.05, 3.63) is 29.7 Å². The van der Waals surface area contributed by atoms with Crippen molar-refractivity contribution in [1.29, 1.82) is 0 Å². The monoisotopic (exact) mass is 472 g/mol. The number of aryl methyl sites for hydroxylation is 1. The highest BCUT2D eigenvalue weighted by Gasteiger charge is 2.21. The third-order valence-electron chi connectivity index (χ3n) is 4.85. The smallest absolute Gasteiger partial charge is 0.194 e. The summed E-state index contributed by atoms with van der Waals surface area (Å²) >= 11 is 0. The summed E-state index contributed by atoms with van der Waals surface area (Å²) in [6, 6.07) is 1.92. The SMILES string of the molecule is CN=C(NCc1nnc2n1CCC2)N1CCN(Cc2ccon2)CC1.I. The van der Waals surface area contributed by atoms with Crippen LogP contribution in [0, 0.1) is 0 Å². The Balaban J connectivity index is 0.00000196. The van der Waals surface area contributed by atoms with Crippen molar-refractivity contribution >= 4 is 29.9 Å². The predicted molar refractivity (Wildman–Crippen MR) is 107 cm³/mol. The van der Waals surface area contributed by atoms with Gasteiger partial charge in [0.05, 0.1) is 12.2 Å². The Morgan fingerprint density at radius 3 is 2.81 bits per heavy atom. The Morgan fingerprint density at radius 1 is 1.23 bits per heavy atom. The lowest BCUT2D eigenvalue weighted by molar-refractivity contribution is 0.169. The minimum absolute atomic E-state index is 0. The van der Waals surface area contributed by atoms with Crippen LogP contribution in [-0.2, 0) is 26.1 Å². The van der Waals surface area contributed by atoms with Crippen molar-refractivity contribution < 1.29 is 4.52 Å². The Hall–Kier alpha value is -1.69. The lowest BCUT2D eigenvalue weighted by Gasteiger charge is -2.36. The maximum absolute atomic E-state index is 4.90. The van der Waals surface area contributed by atoms with Crippen LogP contribution in [0.2, 0.25) is 0 Å². The Morgan fingerprint density at radius 2 is 2.08 bits per heavy atom. The van der Waals surface area contributed by atoms with Gasteiger partial charge in [0, 0.05) is 58.8 Å². The van der Waals surface area contributed by atoms with Gasteiger partial charge in [0.15, 0.2) is 11.8 Å². The number of piperazine rings is 1. The number of halogens is 1. The van der Waals surface area contributed by atoms with Crippen LogP contribution in [0.25, 0.3) is 0 Å². The van der Waals surface area contributed by atoms with E-state index in [9.17, 15) is 0 Å². The molecule has 9 nitrogen and oxygen atoms in total. The van der Waals surface area contributed by atoms with Crippen LogP contribution in [0.4, 0.5) is 0 Å². The maximum Gasteiger partial charge on any atom is 0.194 e. The van der Waals surface area contributed by atoms with Crippen molar-refractivity contribution in [1.82, 2.24) is 35.0 Å². The molecule has 0 amide bonds. The molecule has 2 aromatic heterocycles. The number of nitrogens with zero attached hydrogens (tertiary/aromatic N) is 7. The summed E-state index contributed by atoms with van der Waals surface area (Å²) in [5.41, 5.74) is 0.983. The molecule has 1 N–H and O–H groups in total. The lowest BCUT2D eigenvalue weighted by atomic mass is 10.3. The number of fused-ring (bicyclic) bond motifs is 1. The molecule has 1 saturated heterocycles. The molecule has 0 bridgehead atoms. The number of guanidine groups is 1. The van der Waals surface area contributed by atoms with E-state index in [1.54, 1.807) is 6.26 Å². The third-order valence-corrected chi connectivity index (χ3v) is 4.85. The molecule has 0 aliphatic carbocycles. The molecule has 0 aromatic carbocycles. The zero-order valence-electron chi connectivity index (χ0n) is 15.0. The second-order valence-electron chi connectivity index (χ2n) is 6.44. The zero-order chi connectivity index (χ0) is 17.1. The summed E-state index contributed by atoms with van der Waals surface area (Å²) in [6.45, 7) is 6.37. The normalized spacial score (nSPS) is 17.9. The molecular weight excluding hydrogens is 447 g/mol. The standard InChI is InChI=1S/C16H24N8O.HI/c1-17-16(18-11-15-20-19-14-3-2-5-24(14)15)23-8-6-22(7-9-23)12-13-4-10-25-21-13;/h4,10H,2-3,5-9,11-12H2,1H3,(H,17,18);1H. The van der Waals surface area contributed by atoms with Crippen LogP contribution in [-0.4, -0.2) is 68.9 Å². The minimum Gasteiger partial charge on any atom is -0.364 e. The summed E-state index contributed by atoms with van der Waals surface area (Å²) in [7, 11) is 1.83. The molecular formula is C16H25IN8O. The summed E-state index contributed by atoms with van der Waals surface area (Å²) < 4.78 is 7.12. The maximum atomic E-state index is 4.90. The average molecular weight is 472 g/mol. The van der Waals surface area contributed by atoms with E-state index in [1.807, 2.05) is 13.1 Å². The van der Waals surface area contributed by atoms with Crippen LogP contribution in [0.15, 0.2) is 21.8 Å². The van der Waals surface area contributed by atoms with Crippen molar-refractivity contribution in [3.63, 3.8) is 0 Å². The van der Waals surface area contributed by atoms with E-state index >= 15 is 0 Å². The minimum atomic E-state index is 0. The summed E-state index contributed by atoms with van der Waals surface area (Å²) in [5, 5.41) is 16.0. The van der Waals surface area contributed by atoms with Gasteiger partial charge in [-0.1, -0.05) is 5.16 Å². The Labute approximate surface area is 169 Å². The fraction of sp³-hybridized carbons (Fsp3) is 0.625. The molecule has 10 heteroatoms. The molecule has 4 heterocycles. The van der Waals surface area contributed by atoms with Gasteiger partial charge >= 0.3 is 0 Å². The van der Waals surface area contributed by atoms with Gasteiger partial charge < -0.3 is 19.3 Å². The topological polar surface area (TPSA) is 87.6 Å². The zero-order valence-corrected chi connectivity index (χ0v) is 17.3. The predicted octanol–water partition coefficient (Wildman–Crippen LogP) is 0.724. The Bertz CT molecular complexity index is 721. The average Bonchev–Trinajstić information content (AvgIpc) is 3.36. The van der Waals surface area contributed by atoms with Crippen LogP contribution in [0.1, 0.15) is 23.8 Å². The van der Waals surface area contributed by atoms with E-state index in [0.29, 0.717) is 6.54 Å². The third kappa shape index (κ3) is 4.17. The van der Waals surface area contributed by atoms with Gasteiger partial charge in [-0.25, -0.2) is 0 Å². The van der Waals surface area contributed by atoms with Crippen LogP contribution < -0.4 is 5.32 Å². The molecule has 1 fully saturated rings. The molecule has 142 valence electrons. The summed E-state index contributed by atoms with van der Waals surface area (Å²) in [5.74, 6) is 3.03. The van der Waals surface area contributed by atoms with Gasteiger partial charge in [0.1, 0.15) is 12.1 Å². The fourth-order valence-corrected chi connectivity index (χ4v) is 3.50. The van der Waals surface area contributed by atoms with Gasteiger partial charge in [-0.3, -0.25) is 9.89 Å². The highest BCUT2D eigenvalue weighted by Crippen LogP contribution is 2.14. The highest BCUT2D eigenvalue weighted by molar-refractivity contribution is 14.0. The number of aliphatic imine (C=N–C) groups is 1. The number of rotatable bonds is 4. The molecule has 0 saturated carbocycles. The molecule has 0 unspecified atom stereocenters. The molecule has 26 heavy (non-hydrogen) atoms. The lowest BCUT2D eigenvalue weighted by Crippen LogP contribution is -2.52. The fourth-order valence-electron chi connectivity index (χ4n) is 3.50. The van der Waals surface area contributed by atoms with Gasteiger partial charge in [-0.2, -0.15) is 0 Å². The van der Waals surface area contributed by atoms with Gasteiger partial charge in [0.2, 0.25) is 0 Å². The number of nitrogens with one attached hydrogen (secondary N) is 1. The molecule has 0 atom stereocenters. The van der Waals surface area contributed by atoms with E-state index in [-0.39, 0.29) is 24.0 Å². The second kappa shape index (κ2) is 8.80. The van der Waals surface area contributed by atoms with E-state index in [1.165, 1.54) is 6.42 Å². The number of hydrogen-bond acceptors (Lipinski definition) is 6. The van der Waals surface area contributed by atoms with Crippen molar-refractivity contribution in [2.75, 3.05) is 33.2 Å². The van der Waals surface area contributed by atoms with Gasteiger partial charge in [-0.05, 0) is 6.42 Å². The molecule has 2 aliphatic heterocycles. The van der Waals surface area contributed by atoms with Gasteiger partial charge in [0.25, 0.3) is 0 Å². The van der Waals surface area contributed by atoms with E-state index in [0.717, 1.165) is 69.0 Å². The van der Waals surface area contributed by atoms with Crippen molar-refractivity contribution in [3.8, 4) is 0 Å². The molecule has 0 spiro atoms. The number of aromatic nitrogens is 4. The first-order chi connectivity index (χ1) is 12.3. The first-order valence-corrected chi connectivity index (χ1v) is 8.81. The van der Waals surface area contributed by atoms with Crippen LogP contribution in [0.5, 0.6) is 0 Å². The van der Waals surface area contributed by atoms with E-state index in [4.69, 9.17) is 4.52 Å². The first kappa shape index (κ1) is 19.1. The van der Waals surface area contributed by atoms with Crippen molar-refractivity contribution in [2.24, 2.45) is 4.99 Å². The first-order valence-electron chi connectivity index (χ1n) is 8.81. The quantitative estimate of drug-likeness (QED) is 0.399. The van der Waals surface area contributed by atoms with Gasteiger partial charge in [-0.15, -0.1) is 34.2 Å². The molecule has 0 radical (unpaired) electrons. The second-order valence-corrected chi connectivity index (χ2v) is 6.44. The summed E-state index contributed by atoms with van der Waals surface area (Å²) in [4.78, 5) is 9.11. The molecule has 2 aromatic rings. The van der Waals surface area contributed by atoms with E-state index < -0.39 is 0 Å². The van der Waals surface area contributed by atoms with Crippen LogP contribution >= 0.6 is 24.0 Å².